The zero-order chi connectivity index (χ0) is 38.8. The molecule has 4 aliphatic rings. The molecule has 276 valence electrons. The highest BCUT2D eigenvalue weighted by Crippen LogP contribution is 2.66. The molecular weight excluding hydrogens is 701 g/mol. The lowest BCUT2D eigenvalue weighted by molar-refractivity contribution is -0.0280. The van der Waals surface area contributed by atoms with Gasteiger partial charge in [0.1, 0.15) is 0 Å². The molecule has 4 fully saturated rings. The van der Waals surface area contributed by atoms with Gasteiger partial charge in [-0.25, -0.2) is 9.69 Å². The first-order valence-corrected chi connectivity index (χ1v) is 20.8. The second kappa shape index (κ2) is 13.7. The van der Waals surface area contributed by atoms with E-state index in [4.69, 9.17) is 13.1 Å². The Bertz CT molecular complexity index is 2950. The van der Waals surface area contributed by atoms with E-state index in [-0.39, 0.29) is 5.41 Å². The molecule has 4 saturated carbocycles. The number of fused-ring (bicyclic) bond motifs is 2. The van der Waals surface area contributed by atoms with E-state index in [1.165, 1.54) is 87.4 Å². The summed E-state index contributed by atoms with van der Waals surface area (Å²) in [6.45, 7) is 15.1. The van der Waals surface area contributed by atoms with Crippen molar-refractivity contribution >= 4 is 32.9 Å². The van der Waals surface area contributed by atoms with Gasteiger partial charge in [0, 0.05) is 5.41 Å². The minimum atomic E-state index is 0.145. The Morgan fingerprint density at radius 3 is 1.74 bits per heavy atom. The molecule has 0 N–H and O–H groups in total. The molecule has 2 heteroatoms. The van der Waals surface area contributed by atoms with Crippen LogP contribution in [0.1, 0.15) is 49.1 Å². The van der Waals surface area contributed by atoms with Crippen LogP contribution in [0.25, 0.3) is 75.7 Å². The first-order chi connectivity index (χ1) is 28.5. The second-order valence-electron chi connectivity index (χ2n) is 17.3. The highest BCUT2D eigenvalue weighted by Gasteiger charge is 2.57. The first kappa shape index (κ1) is 34.5. The molecule has 0 spiro atoms. The van der Waals surface area contributed by atoms with E-state index in [0.717, 1.165) is 33.7 Å². The zero-order valence-corrected chi connectivity index (χ0v) is 32.4. The van der Waals surface area contributed by atoms with Crippen LogP contribution in [0.4, 0.5) is 11.4 Å². The van der Waals surface area contributed by atoms with Gasteiger partial charge < -0.3 is 0 Å². The molecule has 2 nitrogen and oxygen atoms in total. The summed E-state index contributed by atoms with van der Waals surface area (Å²) in [6, 6.07) is 61.9. The lowest BCUT2D eigenvalue weighted by Crippen LogP contribution is -2.53. The third-order valence-corrected chi connectivity index (χ3v) is 14.0. The molecule has 3 atom stereocenters. The van der Waals surface area contributed by atoms with Crippen LogP contribution in [-0.2, 0) is 5.41 Å². The van der Waals surface area contributed by atoms with Gasteiger partial charge in [0.25, 0.3) is 0 Å². The SMILES string of the molecule is [C-]#[N+]c1ccc(-c2cc(-c3ccccc3)cc(-c3ccc(C45CC6CC(CC(C6)C4c4ccc6cc(-c7cccc8c([N+]#[C-])cccc78)ccc6c4)C5)cc3)c2)cc1. The average molecular weight is 743 g/mol. The summed E-state index contributed by atoms with van der Waals surface area (Å²) < 4.78 is 0. The second-order valence-corrected chi connectivity index (χ2v) is 17.3. The number of hydrogen-bond donors (Lipinski definition) is 0. The number of hydrogen-bond acceptors (Lipinski definition) is 0. The van der Waals surface area contributed by atoms with Crippen molar-refractivity contribution in [2.24, 2.45) is 17.8 Å². The fourth-order valence-electron chi connectivity index (χ4n) is 11.8. The van der Waals surface area contributed by atoms with Gasteiger partial charge in [0.05, 0.1) is 13.1 Å². The van der Waals surface area contributed by atoms with Crippen molar-refractivity contribution in [2.75, 3.05) is 0 Å². The summed E-state index contributed by atoms with van der Waals surface area (Å²) >= 11 is 0. The number of nitrogens with zero attached hydrogens (tertiary/aromatic N) is 2. The van der Waals surface area contributed by atoms with Gasteiger partial charge in [-0.15, -0.1) is 0 Å². The molecule has 8 aromatic carbocycles. The standard InChI is InChI=1S/C56H42N2/c1-57-50-24-20-40(21-25-50)47-32-45(38-8-4-3-5-9-38)31-46(33-47)39-18-22-49(23-19-39)56-34-36-26-37(35-56)28-48(27-36)55(56)44-17-15-41-29-43(16-14-42(41)30-44)51-10-6-12-53-52(51)11-7-13-54(53)58-2/h3-25,29-33,36-37,48,55H,26-28,34-35H2. The van der Waals surface area contributed by atoms with Crippen LogP contribution in [0.3, 0.4) is 0 Å². The van der Waals surface area contributed by atoms with Gasteiger partial charge in [0.15, 0.2) is 11.4 Å². The molecule has 0 amide bonds. The minimum Gasteiger partial charge on any atom is -0.238 e. The third kappa shape index (κ3) is 5.75. The van der Waals surface area contributed by atoms with Crippen LogP contribution in [0.2, 0.25) is 0 Å². The maximum absolute atomic E-state index is 7.68. The molecule has 12 rings (SSSR count). The van der Waals surface area contributed by atoms with E-state index < -0.39 is 0 Å². The van der Waals surface area contributed by atoms with E-state index in [2.05, 4.69) is 155 Å². The minimum absolute atomic E-state index is 0.145. The summed E-state index contributed by atoms with van der Waals surface area (Å²) in [4.78, 5) is 7.41. The van der Waals surface area contributed by atoms with E-state index in [9.17, 15) is 0 Å². The maximum atomic E-state index is 7.68. The van der Waals surface area contributed by atoms with E-state index in [0.29, 0.717) is 23.2 Å². The lowest BCUT2D eigenvalue weighted by Gasteiger charge is -2.62. The Labute approximate surface area is 341 Å². The van der Waals surface area contributed by atoms with Gasteiger partial charge in [-0.1, -0.05) is 146 Å². The Balaban J connectivity index is 0.960. The van der Waals surface area contributed by atoms with Gasteiger partial charge >= 0.3 is 0 Å². The predicted molar refractivity (Wildman–Crippen MR) is 240 cm³/mol. The molecular formula is C56H42N2. The molecule has 0 saturated heterocycles. The molecule has 0 aliphatic heterocycles. The van der Waals surface area contributed by atoms with Crippen LogP contribution < -0.4 is 0 Å². The molecule has 3 unspecified atom stereocenters. The van der Waals surface area contributed by atoms with Crippen molar-refractivity contribution in [1.29, 1.82) is 0 Å². The topological polar surface area (TPSA) is 8.72 Å². The van der Waals surface area contributed by atoms with Gasteiger partial charge in [-0.05, 0) is 157 Å². The Kier molecular flexibility index (Phi) is 8.17. The highest BCUT2D eigenvalue weighted by molar-refractivity contribution is 6.04. The number of benzene rings is 8. The van der Waals surface area contributed by atoms with E-state index in [1.54, 1.807) is 0 Å². The predicted octanol–water partition coefficient (Wildman–Crippen LogP) is 15.6. The monoisotopic (exact) mass is 742 g/mol. The van der Waals surface area contributed by atoms with Crippen molar-refractivity contribution in [3.8, 4) is 44.5 Å². The molecule has 4 aliphatic carbocycles. The van der Waals surface area contributed by atoms with Crippen LogP contribution in [0.15, 0.2) is 170 Å². The summed E-state index contributed by atoms with van der Waals surface area (Å²) in [6.07, 6.45) is 6.68. The van der Waals surface area contributed by atoms with Crippen molar-refractivity contribution in [1.82, 2.24) is 0 Å². The molecule has 8 aromatic rings. The maximum Gasteiger partial charge on any atom is 0.194 e. The van der Waals surface area contributed by atoms with Crippen LogP contribution >= 0.6 is 0 Å². The van der Waals surface area contributed by atoms with Crippen molar-refractivity contribution in [2.45, 2.75) is 43.4 Å². The van der Waals surface area contributed by atoms with Gasteiger partial charge in [0.2, 0.25) is 0 Å². The fraction of sp³-hybridized carbons (Fsp3) is 0.179. The van der Waals surface area contributed by atoms with E-state index in [1.807, 2.05) is 24.3 Å². The van der Waals surface area contributed by atoms with Crippen molar-refractivity contribution < 1.29 is 0 Å². The van der Waals surface area contributed by atoms with Crippen LogP contribution in [-0.4, -0.2) is 0 Å². The van der Waals surface area contributed by atoms with Crippen LogP contribution in [0, 0.1) is 30.9 Å². The number of rotatable bonds is 6. The summed E-state index contributed by atoms with van der Waals surface area (Å²) in [5.41, 5.74) is 14.0. The van der Waals surface area contributed by atoms with Gasteiger partial charge in [-0.3, -0.25) is 0 Å². The summed E-state index contributed by atoms with van der Waals surface area (Å²) in [5.74, 6) is 2.86. The Morgan fingerprint density at radius 2 is 1.05 bits per heavy atom. The Morgan fingerprint density at radius 1 is 0.448 bits per heavy atom. The average Bonchev–Trinajstić information content (AvgIpc) is 3.28. The highest BCUT2D eigenvalue weighted by atomic mass is 14.6. The summed E-state index contributed by atoms with van der Waals surface area (Å²) in [7, 11) is 0. The Hall–Kier alpha value is -6.74. The van der Waals surface area contributed by atoms with Crippen molar-refractivity contribution in [3.63, 3.8) is 0 Å². The normalized spacial score (nSPS) is 21.8. The summed E-state index contributed by atoms with van der Waals surface area (Å²) in [5, 5.41) is 4.71. The first-order valence-electron chi connectivity index (χ1n) is 20.8. The third-order valence-electron chi connectivity index (χ3n) is 14.0. The largest absolute Gasteiger partial charge is 0.238 e. The van der Waals surface area contributed by atoms with Crippen molar-refractivity contribution in [3.05, 3.63) is 204 Å². The molecule has 58 heavy (non-hydrogen) atoms. The smallest absolute Gasteiger partial charge is 0.194 e. The fourth-order valence-corrected chi connectivity index (χ4v) is 11.8. The quantitative estimate of drug-likeness (QED) is 0.150. The van der Waals surface area contributed by atoms with E-state index >= 15 is 0 Å². The van der Waals surface area contributed by atoms with Gasteiger partial charge in [-0.2, -0.15) is 0 Å². The molecule has 0 radical (unpaired) electrons. The molecule has 0 heterocycles. The molecule has 0 aromatic heterocycles. The zero-order valence-electron chi connectivity index (χ0n) is 32.4. The molecule has 4 bridgehead atoms. The van der Waals surface area contributed by atoms with Crippen LogP contribution in [0.5, 0.6) is 0 Å². The lowest BCUT2D eigenvalue weighted by atomic mass is 9.42.